The smallest absolute Gasteiger partial charge is 0.307 e. The molecule has 0 saturated carbocycles. The van der Waals surface area contributed by atoms with Crippen LogP contribution in [0.3, 0.4) is 0 Å². The minimum absolute atomic E-state index is 0.0507. The van der Waals surface area contributed by atoms with Gasteiger partial charge in [0.1, 0.15) is 5.75 Å². The lowest BCUT2D eigenvalue weighted by molar-refractivity contribution is -0.122. The van der Waals surface area contributed by atoms with E-state index in [0.717, 1.165) is 26.7 Å². The number of fused-ring (bicyclic) bond motifs is 1. The van der Waals surface area contributed by atoms with Crippen LogP contribution in [0.15, 0.2) is 56.9 Å². The molecule has 1 saturated heterocycles. The van der Waals surface area contributed by atoms with E-state index in [0.29, 0.717) is 17.4 Å². The molecule has 12 heteroatoms. The van der Waals surface area contributed by atoms with Crippen LogP contribution in [-0.4, -0.2) is 49.6 Å². The minimum atomic E-state index is -4.12. The fraction of sp³-hybridized carbons (Fsp3) is 0.364. The third-order valence-corrected chi connectivity index (χ3v) is 10.5. The maximum atomic E-state index is 13.2. The second-order valence-electron chi connectivity index (χ2n) is 7.62. The van der Waals surface area contributed by atoms with Gasteiger partial charge in [-0.15, -0.1) is 16.2 Å². The summed E-state index contributed by atoms with van der Waals surface area (Å²) in [5.41, 5.74) is 0.888. The van der Waals surface area contributed by atoms with E-state index in [9.17, 15) is 18.1 Å². The molecule has 1 fully saturated rings. The monoisotopic (exact) mass is 540 g/mol. The average molecular weight is 541 g/mol. The fourth-order valence-electron chi connectivity index (χ4n) is 3.67. The molecule has 0 aliphatic carbocycles. The van der Waals surface area contributed by atoms with Crippen molar-refractivity contribution >= 4 is 60.7 Å². The highest BCUT2D eigenvalue weighted by atomic mass is 35.5. The third kappa shape index (κ3) is 5.13. The number of halogens is 1. The lowest BCUT2D eigenvalue weighted by atomic mass is 9.98. The van der Waals surface area contributed by atoms with Crippen LogP contribution in [0.2, 0.25) is 5.02 Å². The lowest BCUT2D eigenvalue weighted by Crippen LogP contribution is -2.49. The molecule has 2 aromatic carbocycles. The Morgan fingerprint density at radius 1 is 1.21 bits per heavy atom. The summed E-state index contributed by atoms with van der Waals surface area (Å²) in [7, 11) is -4.12. The highest BCUT2D eigenvalue weighted by Gasteiger charge is 2.53. The number of carbonyl (C=O) groups excluding carboxylic acids is 1. The number of nitroso groups, excluding NO2 is 1. The molecule has 1 aliphatic rings. The van der Waals surface area contributed by atoms with Crippen molar-refractivity contribution in [2.45, 2.75) is 33.2 Å². The predicted molar refractivity (Wildman–Crippen MR) is 133 cm³/mol. The number of hydrogen-bond donors (Lipinski definition) is 0. The van der Waals surface area contributed by atoms with E-state index in [4.69, 9.17) is 21.1 Å². The first kappa shape index (κ1) is 25.1. The molecule has 3 aromatic rings. The van der Waals surface area contributed by atoms with Gasteiger partial charge in [-0.2, -0.15) is 0 Å². The molecule has 0 atom stereocenters. The first-order chi connectivity index (χ1) is 16.4. The Bertz CT molecular complexity index is 1290. The zero-order valence-corrected chi connectivity index (χ0v) is 21.1. The van der Waals surface area contributed by atoms with Crippen LogP contribution in [0.5, 0.6) is 5.75 Å². The molecular formula is C22H21ClN2O6S3. The Morgan fingerprint density at radius 3 is 2.65 bits per heavy atom. The number of rotatable bonds is 9. The van der Waals surface area contributed by atoms with Gasteiger partial charge >= 0.3 is 5.91 Å². The molecule has 34 heavy (non-hydrogen) atoms. The summed E-state index contributed by atoms with van der Waals surface area (Å²) < 4.78 is 37.5. The van der Waals surface area contributed by atoms with E-state index in [2.05, 4.69) is 10.2 Å². The molecule has 0 N–H and O–H groups in total. The number of nitrogens with zero attached hydrogens (tertiary/aromatic N) is 2. The highest BCUT2D eigenvalue weighted by Crippen LogP contribution is 2.37. The van der Waals surface area contributed by atoms with Gasteiger partial charge < -0.3 is 9.47 Å². The standard InChI is InChI=1S/C22H21ClN2O6S3/c23-15-2-7-19-18(14-15)24-21(33-19)32-13-1-10-31-16-3-5-17(6-4-16)34(28,29)22(20(26)25-27)8-11-30-12-9-22/h2-7,14H,1,8-13H2. The van der Waals surface area contributed by atoms with Gasteiger partial charge in [0.15, 0.2) is 18.9 Å². The van der Waals surface area contributed by atoms with Gasteiger partial charge in [-0.3, -0.25) is 4.79 Å². The fourth-order valence-corrected chi connectivity index (χ4v) is 7.79. The molecule has 1 amide bonds. The Kier molecular flexibility index (Phi) is 7.88. The van der Waals surface area contributed by atoms with E-state index < -0.39 is 20.5 Å². The van der Waals surface area contributed by atoms with E-state index >= 15 is 0 Å². The van der Waals surface area contributed by atoms with Gasteiger partial charge in [0.05, 0.1) is 21.7 Å². The Balaban J connectivity index is 1.32. The van der Waals surface area contributed by atoms with Crippen molar-refractivity contribution in [1.29, 1.82) is 0 Å². The molecular weight excluding hydrogens is 520 g/mol. The molecule has 0 unspecified atom stereocenters. The number of carbonyl (C=O) groups is 1. The first-order valence-corrected chi connectivity index (χ1v) is 14.1. The second kappa shape index (κ2) is 10.7. The van der Waals surface area contributed by atoms with E-state index in [1.807, 2.05) is 18.2 Å². The molecule has 0 radical (unpaired) electrons. The van der Waals surface area contributed by atoms with Gasteiger partial charge in [0.25, 0.3) is 0 Å². The number of sulfone groups is 1. The predicted octanol–water partition coefficient (Wildman–Crippen LogP) is 5.13. The molecule has 4 rings (SSSR count). The summed E-state index contributed by atoms with van der Waals surface area (Å²) in [4.78, 5) is 27.6. The summed E-state index contributed by atoms with van der Waals surface area (Å²) in [6, 6.07) is 11.5. The number of hydrogen-bond acceptors (Lipinski definition) is 9. The van der Waals surface area contributed by atoms with Crippen molar-refractivity contribution in [2.75, 3.05) is 25.6 Å². The van der Waals surface area contributed by atoms with Crippen molar-refractivity contribution in [3.8, 4) is 5.75 Å². The van der Waals surface area contributed by atoms with Crippen LogP contribution in [0, 0.1) is 4.91 Å². The number of amides is 1. The van der Waals surface area contributed by atoms with Gasteiger partial charge in [0.2, 0.25) is 0 Å². The van der Waals surface area contributed by atoms with Crippen molar-refractivity contribution in [2.24, 2.45) is 5.18 Å². The summed E-state index contributed by atoms with van der Waals surface area (Å²) in [5.74, 6) is 0.148. The molecule has 180 valence electrons. The van der Waals surface area contributed by atoms with Crippen molar-refractivity contribution in [3.63, 3.8) is 0 Å². The summed E-state index contributed by atoms with van der Waals surface area (Å²) in [6.07, 6.45) is 0.569. The van der Waals surface area contributed by atoms with Crippen LogP contribution in [0.1, 0.15) is 19.3 Å². The Hall–Kier alpha value is -2.05. The maximum absolute atomic E-state index is 13.2. The minimum Gasteiger partial charge on any atom is -0.494 e. The molecule has 0 bridgehead atoms. The van der Waals surface area contributed by atoms with Crippen LogP contribution in [0.25, 0.3) is 10.2 Å². The van der Waals surface area contributed by atoms with Crippen molar-refractivity contribution in [1.82, 2.24) is 4.98 Å². The third-order valence-electron chi connectivity index (χ3n) is 5.53. The number of thioether (sulfide) groups is 1. The SMILES string of the molecule is O=NC(=O)C1(S(=O)(=O)c2ccc(OCCCSc3nc4cc(Cl)ccc4s3)cc2)CCOCC1. The summed E-state index contributed by atoms with van der Waals surface area (Å²) in [6.45, 7) is 0.597. The first-order valence-electron chi connectivity index (χ1n) is 10.5. The summed E-state index contributed by atoms with van der Waals surface area (Å²) in [5, 5.41) is 3.09. The number of aromatic nitrogens is 1. The normalized spacial score (nSPS) is 15.8. The number of benzene rings is 2. The van der Waals surface area contributed by atoms with Crippen LogP contribution in [0.4, 0.5) is 0 Å². The second-order valence-corrected chi connectivity index (χ2v) is 12.7. The number of thiazole rings is 1. The van der Waals surface area contributed by atoms with Gasteiger partial charge in [-0.25, -0.2) is 13.4 Å². The molecule has 1 aromatic heterocycles. The van der Waals surface area contributed by atoms with Gasteiger partial charge in [-0.05, 0) is 61.7 Å². The van der Waals surface area contributed by atoms with Crippen LogP contribution < -0.4 is 4.74 Å². The van der Waals surface area contributed by atoms with E-state index in [-0.39, 0.29) is 31.0 Å². The van der Waals surface area contributed by atoms with Crippen LogP contribution >= 0.6 is 34.7 Å². The molecule has 1 aliphatic heterocycles. The summed E-state index contributed by atoms with van der Waals surface area (Å²) >= 11 is 9.26. The zero-order chi connectivity index (χ0) is 24.2. The molecule has 8 nitrogen and oxygen atoms in total. The Morgan fingerprint density at radius 2 is 1.94 bits per heavy atom. The lowest BCUT2D eigenvalue weighted by Gasteiger charge is -2.32. The quantitative estimate of drug-likeness (QED) is 0.209. The zero-order valence-electron chi connectivity index (χ0n) is 17.9. The van der Waals surface area contributed by atoms with Gasteiger partial charge in [0, 0.05) is 29.2 Å². The molecule has 2 heterocycles. The maximum Gasteiger partial charge on any atom is 0.307 e. The number of ether oxygens (including phenoxy) is 2. The topological polar surface area (TPSA) is 112 Å². The average Bonchev–Trinajstić information content (AvgIpc) is 3.25. The van der Waals surface area contributed by atoms with Crippen LogP contribution in [-0.2, 0) is 19.4 Å². The van der Waals surface area contributed by atoms with E-state index in [1.54, 1.807) is 35.2 Å². The molecule has 0 spiro atoms. The van der Waals surface area contributed by atoms with E-state index in [1.165, 1.54) is 12.1 Å². The van der Waals surface area contributed by atoms with Crippen molar-refractivity contribution < 1.29 is 22.7 Å². The van der Waals surface area contributed by atoms with Crippen molar-refractivity contribution in [3.05, 3.63) is 52.4 Å². The largest absolute Gasteiger partial charge is 0.494 e. The van der Waals surface area contributed by atoms with Gasteiger partial charge in [-0.1, -0.05) is 23.4 Å². The Labute approximate surface area is 209 Å². The highest BCUT2D eigenvalue weighted by molar-refractivity contribution is 8.01.